The predicted molar refractivity (Wildman–Crippen MR) is 95.8 cm³/mol. The van der Waals surface area contributed by atoms with Crippen molar-refractivity contribution in [2.24, 2.45) is 0 Å². The maximum atomic E-state index is 13.0. The molecule has 0 spiro atoms. The van der Waals surface area contributed by atoms with Gasteiger partial charge in [0.25, 0.3) is 0 Å². The van der Waals surface area contributed by atoms with E-state index in [9.17, 15) is 22.8 Å². The van der Waals surface area contributed by atoms with E-state index >= 15 is 0 Å². The first-order chi connectivity index (χ1) is 13.2. The quantitative estimate of drug-likeness (QED) is 0.467. The molecule has 0 aliphatic rings. The number of H-pyrrole nitrogens is 1. The van der Waals surface area contributed by atoms with Crippen LogP contribution < -0.4 is 4.74 Å². The van der Waals surface area contributed by atoms with Gasteiger partial charge in [0.15, 0.2) is 5.78 Å². The number of nitrogens with one attached hydrogen (secondary N) is 1. The molecule has 0 atom stereocenters. The zero-order valence-corrected chi connectivity index (χ0v) is 15.1. The molecule has 28 heavy (non-hydrogen) atoms. The Hall–Kier alpha value is -3.00. The molecule has 3 aromatic rings. The van der Waals surface area contributed by atoms with Gasteiger partial charge in [-0.3, -0.25) is 4.79 Å². The monoisotopic (exact) mass is 411 g/mol. The summed E-state index contributed by atoms with van der Waals surface area (Å²) in [6, 6.07) is 9.11. The van der Waals surface area contributed by atoms with E-state index in [4.69, 9.17) is 16.3 Å². The lowest BCUT2D eigenvalue weighted by molar-refractivity contribution is -0.274. The lowest BCUT2D eigenvalue weighted by Crippen LogP contribution is -2.17. The van der Waals surface area contributed by atoms with Crippen LogP contribution in [-0.4, -0.2) is 29.7 Å². The second kappa shape index (κ2) is 7.55. The van der Waals surface area contributed by atoms with Crippen molar-refractivity contribution in [2.45, 2.75) is 13.3 Å². The van der Waals surface area contributed by atoms with Crippen LogP contribution in [-0.2, 0) is 4.74 Å². The van der Waals surface area contributed by atoms with Gasteiger partial charge in [-0.05, 0) is 43.3 Å². The van der Waals surface area contributed by atoms with Gasteiger partial charge in [-0.15, -0.1) is 13.2 Å². The number of carbonyl (C=O) groups excluding carboxylic acids is 2. The molecule has 0 aliphatic heterocycles. The Morgan fingerprint density at radius 2 is 1.79 bits per heavy atom. The summed E-state index contributed by atoms with van der Waals surface area (Å²) in [5.41, 5.74) is 0.529. The lowest BCUT2D eigenvalue weighted by Gasteiger charge is -2.09. The van der Waals surface area contributed by atoms with Crippen molar-refractivity contribution < 1.29 is 32.2 Å². The van der Waals surface area contributed by atoms with Crippen LogP contribution in [0.3, 0.4) is 0 Å². The Morgan fingerprint density at radius 1 is 1.11 bits per heavy atom. The second-order valence-electron chi connectivity index (χ2n) is 5.69. The fourth-order valence-electron chi connectivity index (χ4n) is 2.71. The molecule has 0 bridgehead atoms. The number of ether oxygens (including phenoxy) is 2. The Balaban J connectivity index is 2.05. The third-order valence-electron chi connectivity index (χ3n) is 3.82. The number of ketones is 1. The van der Waals surface area contributed by atoms with Gasteiger partial charge in [0.05, 0.1) is 12.2 Å². The number of esters is 1. The molecular formula is C19H13ClF3NO4. The van der Waals surface area contributed by atoms with Gasteiger partial charge in [-0.25, -0.2) is 4.79 Å². The van der Waals surface area contributed by atoms with Crippen molar-refractivity contribution in [3.63, 3.8) is 0 Å². The molecule has 9 heteroatoms. The van der Waals surface area contributed by atoms with E-state index in [0.29, 0.717) is 15.9 Å². The highest BCUT2D eigenvalue weighted by atomic mass is 35.5. The summed E-state index contributed by atoms with van der Waals surface area (Å²) >= 11 is 5.96. The van der Waals surface area contributed by atoms with Gasteiger partial charge in [0, 0.05) is 21.5 Å². The number of carbonyl (C=O) groups is 2. The van der Waals surface area contributed by atoms with Gasteiger partial charge in [-0.1, -0.05) is 17.7 Å². The molecule has 2 aromatic carbocycles. The van der Waals surface area contributed by atoms with E-state index in [2.05, 4.69) is 9.72 Å². The fraction of sp³-hybridized carbons (Fsp3) is 0.158. The molecule has 0 amide bonds. The minimum Gasteiger partial charge on any atom is -0.461 e. The van der Waals surface area contributed by atoms with Crippen LogP contribution in [0.25, 0.3) is 10.9 Å². The van der Waals surface area contributed by atoms with Crippen LogP contribution in [0, 0.1) is 0 Å². The Labute approximate surface area is 162 Å². The molecule has 1 heterocycles. The molecule has 5 nitrogen and oxygen atoms in total. The number of aromatic amines is 1. The topological polar surface area (TPSA) is 68.4 Å². The Bertz CT molecular complexity index is 1040. The number of benzene rings is 2. The molecule has 0 aliphatic carbocycles. The van der Waals surface area contributed by atoms with Crippen molar-refractivity contribution in [3.8, 4) is 5.75 Å². The maximum absolute atomic E-state index is 13.0. The highest BCUT2D eigenvalue weighted by molar-refractivity contribution is 6.31. The third-order valence-corrected chi connectivity index (χ3v) is 4.05. The summed E-state index contributed by atoms with van der Waals surface area (Å²) in [4.78, 5) is 28.1. The molecule has 1 N–H and O–H groups in total. The second-order valence-corrected chi connectivity index (χ2v) is 6.12. The van der Waals surface area contributed by atoms with Crippen molar-refractivity contribution in [3.05, 3.63) is 64.3 Å². The van der Waals surface area contributed by atoms with Crippen LogP contribution >= 0.6 is 11.6 Å². The van der Waals surface area contributed by atoms with Crippen molar-refractivity contribution >= 4 is 34.3 Å². The Morgan fingerprint density at radius 3 is 2.39 bits per heavy atom. The zero-order chi connectivity index (χ0) is 20.5. The molecular weight excluding hydrogens is 399 g/mol. The number of rotatable bonds is 5. The molecule has 146 valence electrons. The number of hydrogen-bond donors (Lipinski definition) is 1. The summed E-state index contributed by atoms with van der Waals surface area (Å²) in [6.07, 6.45) is -4.83. The van der Waals surface area contributed by atoms with Crippen molar-refractivity contribution in [1.29, 1.82) is 0 Å². The normalized spacial score (nSPS) is 11.5. The van der Waals surface area contributed by atoms with Crippen molar-refractivity contribution in [1.82, 2.24) is 4.98 Å². The number of fused-ring (bicyclic) bond motifs is 1. The first-order valence-corrected chi connectivity index (χ1v) is 8.46. The summed E-state index contributed by atoms with van der Waals surface area (Å²) in [5, 5.41) is 0.838. The maximum Gasteiger partial charge on any atom is 0.573 e. The third kappa shape index (κ3) is 4.12. The smallest absolute Gasteiger partial charge is 0.461 e. The molecule has 3 rings (SSSR count). The minimum absolute atomic E-state index is 0.0506. The van der Waals surface area contributed by atoms with E-state index in [-0.39, 0.29) is 23.4 Å². The van der Waals surface area contributed by atoms with E-state index in [1.54, 1.807) is 25.1 Å². The number of hydrogen-bond acceptors (Lipinski definition) is 4. The highest BCUT2D eigenvalue weighted by Gasteiger charge is 2.31. The predicted octanol–water partition coefficient (Wildman–Crippen LogP) is 5.13. The van der Waals surface area contributed by atoms with E-state index in [1.807, 2.05) is 0 Å². The molecule has 0 saturated heterocycles. The van der Waals surface area contributed by atoms with E-state index in [0.717, 1.165) is 12.1 Å². The number of alkyl halides is 3. The van der Waals surface area contributed by atoms with Crippen LogP contribution in [0.15, 0.2) is 42.5 Å². The Kier molecular flexibility index (Phi) is 5.33. The van der Waals surface area contributed by atoms with Crippen LogP contribution in [0.2, 0.25) is 5.02 Å². The lowest BCUT2D eigenvalue weighted by atomic mass is 10.00. The average molecular weight is 412 g/mol. The highest BCUT2D eigenvalue weighted by Crippen LogP contribution is 2.29. The van der Waals surface area contributed by atoms with Crippen LogP contribution in [0.5, 0.6) is 5.75 Å². The molecule has 0 fully saturated rings. The SMILES string of the molecule is CCOC(=O)c1[nH]c2cc(Cl)ccc2c1C(=O)c1ccc(OC(F)(F)F)cc1. The van der Waals surface area contributed by atoms with Gasteiger partial charge in [0.1, 0.15) is 11.4 Å². The summed E-state index contributed by atoms with van der Waals surface area (Å²) in [6.45, 7) is 1.73. The molecule has 0 radical (unpaired) electrons. The first kappa shape index (κ1) is 19.8. The van der Waals surface area contributed by atoms with Gasteiger partial charge in [-0.2, -0.15) is 0 Å². The standard InChI is InChI=1S/C19H13ClF3NO4/c1-2-27-18(26)16-15(13-8-5-11(20)9-14(13)24-16)17(25)10-3-6-12(7-4-10)28-19(21,22)23/h3-9,24H,2H2,1H3. The molecule has 0 unspecified atom stereocenters. The summed E-state index contributed by atoms with van der Waals surface area (Å²) < 4.78 is 45.7. The zero-order valence-electron chi connectivity index (χ0n) is 14.4. The summed E-state index contributed by atoms with van der Waals surface area (Å²) in [5.74, 6) is -1.74. The van der Waals surface area contributed by atoms with Gasteiger partial charge in [0.2, 0.25) is 0 Å². The molecule has 0 saturated carbocycles. The average Bonchev–Trinajstić information content (AvgIpc) is 2.99. The van der Waals surface area contributed by atoms with Gasteiger partial charge < -0.3 is 14.5 Å². The van der Waals surface area contributed by atoms with Crippen LogP contribution in [0.1, 0.15) is 33.3 Å². The van der Waals surface area contributed by atoms with E-state index in [1.165, 1.54) is 12.1 Å². The largest absolute Gasteiger partial charge is 0.573 e. The van der Waals surface area contributed by atoms with E-state index < -0.39 is 23.9 Å². The first-order valence-electron chi connectivity index (χ1n) is 8.08. The van der Waals surface area contributed by atoms with Gasteiger partial charge >= 0.3 is 12.3 Å². The molecule has 1 aromatic heterocycles. The minimum atomic E-state index is -4.83. The summed E-state index contributed by atoms with van der Waals surface area (Å²) in [7, 11) is 0. The number of halogens is 4. The fourth-order valence-corrected chi connectivity index (χ4v) is 2.89. The van der Waals surface area contributed by atoms with Crippen molar-refractivity contribution in [2.75, 3.05) is 6.61 Å². The van der Waals surface area contributed by atoms with Crippen LogP contribution in [0.4, 0.5) is 13.2 Å². The number of aromatic nitrogens is 1.